The number of amides is 1. The van der Waals surface area contributed by atoms with Crippen LogP contribution < -0.4 is 16.8 Å². The third-order valence-electron chi connectivity index (χ3n) is 8.35. The molecule has 3 aliphatic heterocycles. The first-order valence-electron chi connectivity index (χ1n) is 13.4. The van der Waals surface area contributed by atoms with Gasteiger partial charge in [-0.2, -0.15) is 9.61 Å². The number of nitrogens with one attached hydrogen (secondary N) is 2. The standard InChI is InChI=1S/C27H32N10O2/c1-14(38)22-23(16-9-17-5-6-18(10-16)36(17)27(39)24(29)33-13-28)35-26-19(12-34-37(26)25(22)30)15-4-7-21(32-11-15)20-3-2-8-31-20/h4,7,11-13,16-18,20,31H,2-3,5-6,8-10,30H2,1H3,(H3,28,29,33)/t16?,17-,18?,20?/m0/s1. The van der Waals surface area contributed by atoms with Gasteiger partial charge in [0.2, 0.25) is 0 Å². The fourth-order valence-corrected chi connectivity index (χ4v) is 6.59. The number of fused-ring (bicyclic) bond motifs is 3. The van der Waals surface area contributed by atoms with Crippen LogP contribution in [0.1, 0.15) is 79.2 Å². The Hall–Kier alpha value is -4.19. The number of nitrogens with zero attached hydrogens (tertiary/aromatic N) is 6. The van der Waals surface area contributed by atoms with Gasteiger partial charge in [-0.1, -0.05) is 6.07 Å². The number of piperidine rings is 1. The lowest BCUT2D eigenvalue weighted by Gasteiger charge is -2.39. The number of pyridine rings is 1. The van der Waals surface area contributed by atoms with Crippen LogP contribution in [-0.4, -0.2) is 67.0 Å². The summed E-state index contributed by atoms with van der Waals surface area (Å²) in [7, 11) is 0. The third kappa shape index (κ3) is 4.24. The molecule has 2 bridgehead atoms. The number of ketones is 1. The molecule has 6 N–H and O–H groups in total. The van der Waals surface area contributed by atoms with Gasteiger partial charge in [-0.3, -0.25) is 20.0 Å². The lowest BCUT2D eigenvalue weighted by atomic mass is 9.85. The van der Waals surface area contributed by atoms with E-state index in [2.05, 4.69) is 15.4 Å². The molecule has 12 nitrogen and oxygen atoms in total. The predicted molar refractivity (Wildman–Crippen MR) is 147 cm³/mol. The number of carbonyl (C=O) groups is 2. The summed E-state index contributed by atoms with van der Waals surface area (Å²) in [6.07, 6.45) is 9.50. The summed E-state index contributed by atoms with van der Waals surface area (Å²) in [5.41, 5.74) is 16.7. The van der Waals surface area contributed by atoms with E-state index in [1.54, 1.807) is 11.1 Å². The van der Waals surface area contributed by atoms with E-state index < -0.39 is 0 Å². The highest BCUT2D eigenvalue weighted by Crippen LogP contribution is 2.44. The normalized spacial score (nSPS) is 24.8. The van der Waals surface area contributed by atoms with Crippen molar-refractivity contribution in [2.45, 2.75) is 69.5 Å². The first-order valence-corrected chi connectivity index (χ1v) is 13.4. The van der Waals surface area contributed by atoms with E-state index in [0.29, 0.717) is 29.7 Å². The second-order valence-electron chi connectivity index (χ2n) is 10.6. The Balaban J connectivity index is 1.37. The van der Waals surface area contributed by atoms with Gasteiger partial charge in [-0.15, -0.1) is 0 Å². The molecule has 0 spiro atoms. The lowest BCUT2D eigenvalue weighted by Crippen LogP contribution is -2.50. The number of anilines is 1. The molecule has 12 heteroatoms. The second kappa shape index (κ2) is 9.84. The number of aliphatic imine (C=N–C) groups is 1. The average molecular weight is 529 g/mol. The predicted octanol–water partition coefficient (Wildman–Crippen LogP) is 2.20. The van der Waals surface area contributed by atoms with Crippen LogP contribution in [0.5, 0.6) is 0 Å². The average Bonchev–Trinajstić information content (AvgIpc) is 3.67. The Labute approximate surface area is 225 Å². The zero-order chi connectivity index (χ0) is 27.3. The molecule has 6 heterocycles. The summed E-state index contributed by atoms with van der Waals surface area (Å²) in [6, 6.07) is 4.24. The van der Waals surface area contributed by atoms with Crippen LogP contribution in [-0.2, 0) is 4.79 Å². The van der Waals surface area contributed by atoms with E-state index in [0.717, 1.165) is 55.4 Å². The van der Waals surface area contributed by atoms with Gasteiger partial charge < -0.3 is 21.7 Å². The number of nitrogens with two attached hydrogens (primary N) is 2. The van der Waals surface area contributed by atoms with Crippen LogP contribution in [0.3, 0.4) is 0 Å². The molecule has 3 aliphatic rings. The number of aromatic nitrogens is 4. The summed E-state index contributed by atoms with van der Waals surface area (Å²) in [5.74, 6) is -0.490. The Bertz CT molecular complexity index is 1470. The van der Waals surface area contributed by atoms with E-state index in [1.807, 2.05) is 18.3 Å². The maximum Gasteiger partial charge on any atom is 0.289 e. The van der Waals surface area contributed by atoms with Gasteiger partial charge in [0, 0.05) is 41.4 Å². The summed E-state index contributed by atoms with van der Waals surface area (Å²) in [4.78, 5) is 41.0. The van der Waals surface area contributed by atoms with Crippen LogP contribution in [0.2, 0.25) is 0 Å². The van der Waals surface area contributed by atoms with Gasteiger partial charge in [0.15, 0.2) is 17.3 Å². The number of carbonyl (C=O) groups excluding carboxylic acids is 2. The molecule has 0 radical (unpaired) electrons. The molecule has 202 valence electrons. The maximum atomic E-state index is 12.9. The van der Waals surface area contributed by atoms with Gasteiger partial charge in [0.1, 0.15) is 12.2 Å². The summed E-state index contributed by atoms with van der Waals surface area (Å²) in [5, 5.41) is 15.1. The van der Waals surface area contributed by atoms with E-state index in [4.69, 9.17) is 26.8 Å². The quantitative estimate of drug-likeness (QED) is 0.221. The minimum absolute atomic E-state index is 0.0508. The van der Waals surface area contributed by atoms with Crippen LogP contribution >= 0.6 is 0 Å². The molecule has 6 rings (SSSR count). The van der Waals surface area contributed by atoms with Crippen LogP contribution in [0, 0.1) is 5.41 Å². The van der Waals surface area contributed by atoms with E-state index in [1.165, 1.54) is 11.4 Å². The summed E-state index contributed by atoms with van der Waals surface area (Å²) in [6.45, 7) is 2.50. The molecule has 3 aromatic heterocycles. The minimum atomic E-state index is -0.346. The summed E-state index contributed by atoms with van der Waals surface area (Å²) >= 11 is 0. The van der Waals surface area contributed by atoms with Crippen molar-refractivity contribution in [2.24, 2.45) is 10.7 Å². The van der Waals surface area contributed by atoms with Gasteiger partial charge in [0.25, 0.3) is 5.91 Å². The topological polar surface area (TPSA) is 181 Å². The number of hydrogen-bond donors (Lipinski definition) is 4. The molecule has 3 aromatic rings. The molecule has 3 saturated heterocycles. The molecule has 39 heavy (non-hydrogen) atoms. The first-order chi connectivity index (χ1) is 18.9. The molecule has 1 amide bonds. The highest BCUT2D eigenvalue weighted by atomic mass is 16.2. The number of hydrogen-bond acceptors (Lipinski definition) is 8. The largest absolute Gasteiger partial charge is 0.383 e. The fourth-order valence-electron chi connectivity index (χ4n) is 6.59. The number of nitrogen functional groups attached to an aromatic ring is 1. The number of amidine groups is 1. The van der Waals surface area contributed by atoms with E-state index >= 15 is 0 Å². The maximum absolute atomic E-state index is 12.9. The monoisotopic (exact) mass is 528 g/mol. The Morgan fingerprint density at radius 3 is 2.56 bits per heavy atom. The Kier molecular flexibility index (Phi) is 6.34. The smallest absolute Gasteiger partial charge is 0.289 e. The van der Waals surface area contributed by atoms with Crippen molar-refractivity contribution in [3.63, 3.8) is 0 Å². The highest BCUT2D eigenvalue weighted by molar-refractivity contribution is 6.38. The highest BCUT2D eigenvalue weighted by Gasteiger charge is 2.45. The van der Waals surface area contributed by atoms with Crippen molar-refractivity contribution in [1.29, 1.82) is 5.41 Å². The van der Waals surface area contributed by atoms with Crippen molar-refractivity contribution in [3.8, 4) is 11.1 Å². The second-order valence-corrected chi connectivity index (χ2v) is 10.6. The van der Waals surface area contributed by atoms with Crippen LogP contribution in [0.15, 0.2) is 29.5 Å². The minimum Gasteiger partial charge on any atom is -0.383 e. The van der Waals surface area contributed by atoms with Crippen molar-refractivity contribution in [2.75, 3.05) is 12.3 Å². The van der Waals surface area contributed by atoms with Crippen molar-refractivity contribution in [1.82, 2.24) is 29.8 Å². The fraction of sp³-hybridized carbons (Fsp3) is 0.444. The van der Waals surface area contributed by atoms with Crippen molar-refractivity contribution < 1.29 is 9.59 Å². The number of Topliss-reactive ketones (excluding diaryl/α,β-unsaturated/α-hetero) is 1. The molecule has 3 fully saturated rings. The molecule has 0 aromatic carbocycles. The molecular weight excluding hydrogens is 496 g/mol. The van der Waals surface area contributed by atoms with Gasteiger partial charge in [0.05, 0.1) is 23.1 Å². The van der Waals surface area contributed by atoms with E-state index in [9.17, 15) is 9.59 Å². The van der Waals surface area contributed by atoms with Crippen molar-refractivity contribution in [3.05, 3.63) is 41.5 Å². The van der Waals surface area contributed by atoms with Crippen molar-refractivity contribution >= 4 is 35.3 Å². The first kappa shape index (κ1) is 25.1. The van der Waals surface area contributed by atoms with Crippen LogP contribution in [0.4, 0.5) is 5.82 Å². The van der Waals surface area contributed by atoms with Gasteiger partial charge in [-0.25, -0.2) is 9.98 Å². The Morgan fingerprint density at radius 2 is 1.95 bits per heavy atom. The number of rotatable bonds is 5. The molecule has 0 saturated carbocycles. The Morgan fingerprint density at radius 1 is 1.18 bits per heavy atom. The van der Waals surface area contributed by atoms with Gasteiger partial charge in [-0.05, 0) is 58.1 Å². The lowest BCUT2D eigenvalue weighted by molar-refractivity contribution is -0.128. The van der Waals surface area contributed by atoms with Crippen LogP contribution in [0.25, 0.3) is 16.8 Å². The SMILES string of the molecule is CC(=O)c1c(C2CC3CC[C@@H](C2)N3C(=O)C(N)=NC=N)nc2c(-c3ccc(C4CCCN4)nc3)cnn2c1N. The molecule has 4 atom stereocenters. The molecule has 0 aliphatic carbocycles. The zero-order valence-electron chi connectivity index (χ0n) is 21.8. The van der Waals surface area contributed by atoms with Gasteiger partial charge >= 0.3 is 0 Å². The zero-order valence-corrected chi connectivity index (χ0v) is 21.8. The molecular formula is C27H32N10O2. The molecule has 3 unspecified atom stereocenters. The third-order valence-corrected chi connectivity index (χ3v) is 8.35. The van der Waals surface area contributed by atoms with E-state index in [-0.39, 0.29) is 47.4 Å². The summed E-state index contributed by atoms with van der Waals surface area (Å²) < 4.78 is 1.53.